The minimum absolute atomic E-state index is 0.180. The quantitative estimate of drug-likeness (QED) is 0.414. The van der Waals surface area contributed by atoms with Gasteiger partial charge in [-0.3, -0.25) is 4.40 Å². The molecule has 120 valence electrons. The summed E-state index contributed by atoms with van der Waals surface area (Å²) in [6.07, 6.45) is 8.31. The number of aromatic nitrogens is 4. The fourth-order valence-electron chi connectivity index (χ4n) is 2.47. The van der Waals surface area contributed by atoms with Gasteiger partial charge in [-0.15, -0.1) is 0 Å². The Morgan fingerprint density at radius 2 is 1.96 bits per heavy atom. The van der Waals surface area contributed by atoms with Crippen LogP contribution in [0.15, 0.2) is 52.6 Å². The van der Waals surface area contributed by atoms with Crippen LogP contribution in [0.3, 0.4) is 0 Å². The van der Waals surface area contributed by atoms with Gasteiger partial charge in [-0.1, -0.05) is 11.8 Å². The molecule has 0 fully saturated rings. The van der Waals surface area contributed by atoms with Crippen molar-refractivity contribution in [1.82, 2.24) is 19.4 Å². The first-order valence-corrected chi connectivity index (χ1v) is 8.17. The molecule has 0 radical (unpaired) electrons. The molecule has 0 aliphatic heterocycles. The molecule has 1 aromatic carbocycles. The zero-order valence-corrected chi connectivity index (χ0v) is 13.2. The Hall–Kier alpha value is -2.74. The average molecular weight is 344 g/mol. The van der Waals surface area contributed by atoms with E-state index in [2.05, 4.69) is 15.0 Å². The predicted molar refractivity (Wildman–Crippen MR) is 85.6 cm³/mol. The Morgan fingerprint density at radius 3 is 2.67 bits per heavy atom. The Balaban J connectivity index is 1.97. The van der Waals surface area contributed by atoms with Crippen molar-refractivity contribution in [3.63, 3.8) is 0 Å². The van der Waals surface area contributed by atoms with Gasteiger partial charge in [-0.25, -0.2) is 18.7 Å². The van der Waals surface area contributed by atoms with E-state index in [9.17, 15) is 8.78 Å². The van der Waals surface area contributed by atoms with E-state index in [0.29, 0.717) is 28.0 Å². The number of nitrogens with zero attached hydrogens (tertiary/aromatic N) is 4. The molecule has 0 atom stereocenters. The summed E-state index contributed by atoms with van der Waals surface area (Å²) in [6, 6.07) is 3.37. The maximum absolute atomic E-state index is 14.2. The SMILES string of the molecule is CSc1ncc(-c2c(-c3ccc(F)cc3F)nc3occn23)cn1. The first-order chi connectivity index (χ1) is 11.7. The molecule has 24 heavy (non-hydrogen) atoms. The van der Waals surface area contributed by atoms with E-state index in [0.717, 1.165) is 6.07 Å². The van der Waals surface area contributed by atoms with Crippen LogP contribution in [-0.4, -0.2) is 25.6 Å². The number of thioether (sulfide) groups is 1. The van der Waals surface area contributed by atoms with Crippen LogP contribution in [0.25, 0.3) is 28.4 Å². The second kappa shape index (κ2) is 5.72. The van der Waals surface area contributed by atoms with E-state index in [1.54, 1.807) is 23.0 Å². The van der Waals surface area contributed by atoms with Crippen molar-refractivity contribution in [1.29, 1.82) is 0 Å². The molecule has 3 heterocycles. The van der Waals surface area contributed by atoms with Crippen LogP contribution < -0.4 is 0 Å². The minimum Gasteiger partial charge on any atom is -0.432 e. The third-order valence-corrected chi connectivity index (χ3v) is 4.11. The Morgan fingerprint density at radius 1 is 1.17 bits per heavy atom. The zero-order valence-electron chi connectivity index (χ0n) is 12.4. The lowest BCUT2D eigenvalue weighted by molar-refractivity contribution is 0.585. The van der Waals surface area contributed by atoms with Gasteiger partial charge < -0.3 is 4.42 Å². The van der Waals surface area contributed by atoms with Gasteiger partial charge in [0.15, 0.2) is 5.16 Å². The topological polar surface area (TPSA) is 56.2 Å². The third kappa shape index (κ3) is 2.35. The van der Waals surface area contributed by atoms with Crippen LogP contribution in [0.1, 0.15) is 0 Å². The summed E-state index contributed by atoms with van der Waals surface area (Å²) in [5.41, 5.74) is 1.75. The molecule has 0 aliphatic rings. The molecule has 0 bridgehead atoms. The fraction of sp³-hybridized carbons (Fsp3) is 0.0625. The standard InChI is InChI=1S/C16H10F2N4OS/c1-24-15-19-7-9(8-20-15)14-13(21-16-22(14)4-5-23-16)11-3-2-10(17)6-12(11)18/h2-8H,1H3. The summed E-state index contributed by atoms with van der Waals surface area (Å²) in [5, 5.41) is 0.626. The maximum atomic E-state index is 14.2. The largest absolute Gasteiger partial charge is 0.432 e. The lowest BCUT2D eigenvalue weighted by Gasteiger charge is -2.05. The van der Waals surface area contributed by atoms with Crippen LogP contribution in [-0.2, 0) is 0 Å². The monoisotopic (exact) mass is 344 g/mol. The van der Waals surface area contributed by atoms with E-state index in [1.807, 2.05) is 6.26 Å². The minimum atomic E-state index is -0.696. The summed E-state index contributed by atoms with van der Waals surface area (Å²) >= 11 is 1.42. The van der Waals surface area contributed by atoms with Gasteiger partial charge in [0.2, 0.25) is 0 Å². The highest BCUT2D eigenvalue weighted by molar-refractivity contribution is 7.98. The van der Waals surface area contributed by atoms with Crippen LogP contribution in [0.4, 0.5) is 8.78 Å². The molecule has 0 saturated carbocycles. The molecule has 0 unspecified atom stereocenters. The second-order valence-corrected chi connectivity index (χ2v) is 5.72. The highest BCUT2D eigenvalue weighted by Gasteiger charge is 2.21. The summed E-state index contributed by atoms with van der Waals surface area (Å²) in [4.78, 5) is 12.8. The van der Waals surface area contributed by atoms with Crippen molar-refractivity contribution in [2.45, 2.75) is 5.16 Å². The predicted octanol–water partition coefficient (Wildman–Crippen LogP) is 4.05. The van der Waals surface area contributed by atoms with Gasteiger partial charge in [0.05, 0.1) is 5.69 Å². The van der Waals surface area contributed by atoms with Gasteiger partial charge in [0.1, 0.15) is 23.6 Å². The molecule has 4 rings (SSSR count). The van der Waals surface area contributed by atoms with Crippen LogP contribution >= 0.6 is 11.8 Å². The Bertz CT molecular complexity index is 1030. The number of imidazole rings is 1. The van der Waals surface area contributed by atoms with Crippen molar-refractivity contribution in [2.24, 2.45) is 0 Å². The molecular formula is C16H10F2N4OS. The highest BCUT2D eigenvalue weighted by Crippen LogP contribution is 2.34. The van der Waals surface area contributed by atoms with Crippen molar-refractivity contribution in [3.05, 3.63) is 54.7 Å². The summed E-state index contributed by atoms with van der Waals surface area (Å²) in [5.74, 6) is -1.04. The average Bonchev–Trinajstić information content (AvgIpc) is 3.16. The molecule has 0 spiro atoms. The lowest BCUT2D eigenvalue weighted by Crippen LogP contribution is -1.93. The van der Waals surface area contributed by atoms with E-state index < -0.39 is 11.6 Å². The number of benzene rings is 1. The smallest absolute Gasteiger partial charge is 0.306 e. The molecule has 5 nitrogen and oxygen atoms in total. The highest BCUT2D eigenvalue weighted by atomic mass is 32.2. The molecule has 4 aromatic rings. The maximum Gasteiger partial charge on any atom is 0.306 e. The summed E-state index contributed by atoms with van der Waals surface area (Å²) in [7, 11) is 0. The number of fused-ring (bicyclic) bond motifs is 1. The molecule has 0 N–H and O–H groups in total. The molecule has 0 saturated heterocycles. The van der Waals surface area contributed by atoms with Crippen LogP contribution in [0.2, 0.25) is 0 Å². The Labute approximate surface area is 139 Å². The number of hydrogen-bond donors (Lipinski definition) is 0. The van der Waals surface area contributed by atoms with Crippen molar-refractivity contribution >= 4 is 17.6 Å². The first-order valence-electron chi connectivity index (χ1n) is 6.95. The fourth-order valence-corrected chi connectivity index (χ4v) is 2.79. The van der Waals surface area contributed by atoms with E-state index in [1.165, 1.54) is 30.2 Å². The summed E-state index contributed by atoms with van der Waals surface area (Å²) in [6.45, 7) is 0. The molecular weight excluding hydrogens is 334 g/mol. The molecule has 3 aromatic heterocycles. The van der Waals surface area contributed by atoms with Crippen molar-refractivity contribution < 1.29 is 13.2 Å². The molecule has 8 heteroatoms. The summed E-state index contributed by atoms with van der Waals surface area (Å²) < 4.78 is 34.4. The van der Waals surface area contributed by atoms with Gasteiger partial charge in [0.25, 0.3) is 0 Å². The lowest BCUT2D eigenvalue weighted by atomic mass is 10.1. The van der Waals surface area contributed by atoms with Gasteiger partial charge in [-0.2, -0.15) is 4.98 Å². The van der Waals surface area contributed by atoms with E-state index >= 15 is 0 Å². The molecule has 0 amide bonds. The molecule has 0 aliphatic carbocycles. The number of halogens is 2. The zero-order chi connectivity index (χ0) is 16.7. The number of rotatable bonds is 3. The van der Waals surface area contributed by atoms with Gasteiger partial charge in [0, 0.05) is 35.8 Å². The second-order valence-electron chi connectivity index (χ2n) is 4.95. The van der Waals surface area contributed by atoms with E-state index in [4.69, 9.17) is 4.42 Å². The van der Waals surface area contributed by atoms with Gasteiger partial charge >= 0.3 is 5.84 Å². The number of hydrogen-bond acceptors (Lipinski definition) is 5. The van der Waals surface area contributed by atoms with Crippen molar-refractivity contribution in [2.75, 3.05) is 6.26 Å². The third-order valence-electron chi connectivity index (χ3n) is 3.53. The van der Waals surface area contributed by atoms with Gasteiger partial charge in [-0.05, 0) is 18.4 Å². The van der Waals surface area contributed by atoms with Crippen molar-refractivity contribution in [3.8, 4) is 22.5 Å². The number of oxazole rings is 1. The normalized spacial score (nSPS) is 11.3. The van der Waals surface area contributed by atoms with Crippen LogP contribution in [0.5, 0.6) is 0 Å². The van der Waals surface area contributed by atoms with E-state index in [-0.39, 0.29) is 5.56 Å². The first kappa shape index (κ1) is 14.8. The Kier molecular flexibility index (Phi) is 3.53. The van der Waals surface area contributed by atoms with Crippen LogP contribution in [0, 0.1) is 11.6 Å².